The molecule has 0 spiro atoms. The van der Waals surface area contributed by atoms with Gasteiger partial charge in [0.2, 0.25) is 5.91 Å². The van der Waals surface area contributed by atoms with E-state index in [-0.39, 0.29) is 18.4 Å². The molecular weight excluding hydrogens is 342 g/mol. The van der Waals surface area contributed by atoms with E-state index < -0.39 is 12.0 Å². The highest BCUT2D eigenvalue weighted by Gasteiger charge is 2.38. The summed E-state index contributed by atoms with van der Waals surface area (Å²) in [5, 5.41) is 9.78. The highest BCUT2D eigenvalue weighted by atomic mass is 32.2. The number of hydrogen-bond acceptors (Lipinski definition) is 4. The van der Waals surface area contributed by atoms with Gasteiger partial charge in [0, 0.05) is 29.4 Å². The number of nitrogens with zero attached hydrogens (tertiary/aromatic N) is 2. The van der Waals surface area contributed by atoms with Gasteiger partial charge < -0.3 is 19.9 Å². The molecule has 1 aliphatic rings. The second-order valence-electron chi connectivity index (χ2n) is 5.78. The number of rotatable bonds is 5. The maximum atomic E-state index is 13.0. The average Bonchev–Trinajstić information content (AvgIpc) is 3.25. The molecule has 1 atom stereocenters. The van der Waals surface area contributed by atoms with Crippen LogP contribution < -0.4 is 0 Å². The Morgan fingerprint density at radius 2 is 2.12 bits per heavy atom. The molecule has 0 aliphatic carbocycles. The number of carboxylic acids is 1. The van der Waals surface area contributed by atoms with Crippen LogP contribution in [0.4, 0.5) is 0 Å². The fourth-order valence-electron chi connectivity index (χ4n) is 2.97. The van der Waals surface area contributed by atoms with E-state index in [9.17, 15) is 14.4 Å². The lowest BCUT2D eigenvalue weighted by Gasteiger charge is -2.28. The van der Waals surface area contributed by atoms with Crippen LogP contribution in [0.25, 0.3) is 10.9 Å². The monoisotopic (exact) mass is 361 g/mol. The van der Waals surface area contributed by atoms with Gasteiger partial charge in [0.15, 0.2) is 0 Å². The molecule has 1 aromatic heterocycles. The number of fused-ring (bicyclic) bond motifs is 1. The van der Waals surface area contributed by atoms with Crippen molar-refractivity contribution in [3.8, 4) is 0 Å². The molecule has 1 saturated heterocycles. The van der Waals surface area contributed by atoms with Crippen molar-refractivity contribution < 1.29 is 19.5 Å². The maximum Gasteiger partial charge on any atom is 0.323 e. The zero-order valence-corrected chi connectivity index (χ0v) is 14.6. The van der Waals surface area contributed by atoms with Crippen molar-refractivity contribution in [2.45, 2.75) is 13.0 Å². The molecule has 1 unspecified atom stereocenters. The number of hydrogen-bond donors (Lipinski definition) is 2. The van der Waals surface area contributed by atoms with Crippen molar-refractivity contribution in [1.82, 2.24) is 14.8 Å². The minimum atomic E-state index is -1.06. The topological polar surface area (TPSA) is 93.7 Å². The molecule has 3 rings (SSSR count). The quantitative estimate of drug-likeness (QED) is 0.844. The molecule has 0 radical (unpaired) electrons. The van der Waals surface area contributed by atoms with Gasteiger partial charge in [0.25, 0.3) is 5.91 Å². The number of thioether (sulfide) groups is 1. The number of carboxylic acid groups (broad SMARTS) is 1. The van der Waals surface area contributed by atoms with Crippen molar-refractivity contribution in [3.05, 3.63) is 36.0 Å². The SMILES string of the molecule is CCN(CC(=O)O)C(=O)C1CSCN1C(=O)c1c[nH]c2ccccc12. The van der Waals surface area contributed by atoms with Crippen molar-refractivity contribution in [2.75, 3.05) is 24.7 Å². The summed E-state index contributed by atoms with van der Waals surface area (Å²) < 4.78 is 0. The summed E-state index contributed by atoms with van der Waals surface area (Å²) in [4.78, 5) is 42.5. The summed E-state index contributed by atoms with van der Waals surface area (Å²) in [6, 6.07) is 6.86. The molecule has 8 heteroatoms. The summed E-state index contributed by atoms with van der Waals surface area (Å²) in [7, 11) is 0. The van der Waals surface area contributed by atoms with Crippen LogP contribution in [0, 0.1) is 0 Å². The Kier molecular flexibility index (Phi) is 4.98. The van der Waals surface area contributed by atoms with Crippen LogP contribution in [0.15, 0.2) is 30.5 Å². The number of benzene rings is 1. The van der Waals surface area contributed by atoms with Gasteiger partial charge in [-0.25, -0.2) is 0 Å². The van der Waals surface area contributed by atoms with Gasteiger partial charge in [0.1, 0.15) is 12.6 Å². The second-order valence-corrected chi connectivity index (χ2v) is 6.78. The van der Waals surface area contributed by atoms with Gasteiger partial charge in [-0.3, -0.25) is 14.4 Å². The molecule has 132 valence electrons. The number of amides is 2. The number of nitrogens with one attached hydrogen (secondary N) is 1. The van der Waals surface area contributed by atoms with Crippen LogP contribution in [0.1, 0.15) is 17.3 Å². The molecule has 1 fully saturated rings. The zero-order valence-electron chi connectivity index (χ0n) is 13.8. The molecule has 2 N–H and O–H groups in total. The summed E-state index contributed by atoms with van der Waals surface area (Å²) in [6.45, 7) is 1.67. The molecule has 7 nitrogen and oxygen atoms in total. The molecule has 0 saturated carbocycles. The first kappa shape index (κ1) is 17.3. The first-order valence-electron chi connectivity index (χ1n) is 7.98. The number of aromatic nitrogens is 1. The minimum Gasteiger partial charge on any atom is -0.480 e. The average molecular weight is 361 g/mol. The van der Waals surface area contributed by atoms with Crippen LogP contribution in [0.5, 0.6) is 0 Å². The van der Waals surface area contributed by atoms with Gasteiger partial charge in [-0.2, -0.15) is 0 Å². The summed E-state index contributed by atoms with van der Waals surface area (Å²) in [5.74, 6) is -0.701. The molecule has 1 aliphatic heterocycles. The second kappa shape index (κ2) is 7.18. The highest BCUT2D eigenvalue weighted by molar-refractivity contribution is 7.99. The van der Waals surface area contributed by atoms with Crippen molar-refractivity contribution >= 4 is 40.4 Å². The number of aromatic amines is 1. The summed E-state index contributed by atoms with van der Waals surface area (Å²) in [5.41, 5.74) is 1.39. The van der Waals surface area contributed by atoms with E-state index in [1.165, 1.54) is 21.6 Å². The van der Waals surface area contributed by atoms with Crippen LogP contribution in [0.2, 0.25) is 0 Å². The van der Waals surface area contributed by atoms with Crippen molar-refractivity contribution in [3.63, 3.8) is 0 Å². The summed E-state index contributed by atoms with van der Waals surface area (Å²) in [6.07, 6.45) is 1.66. The molecule has 2 aromatic rings. The molecule has 0 bridgehead atoms. The molecular formula is C17H19N3O4S. The lowest BCUT2D eigenvalue weighted by atomic mass is 10.1. The Bertz CT molecular complexity index is 819. The van der Waals surface area contributed by atoms with Crippen molar-refractivity contribution in [2.24, 2.45) is 0 Å². The minimum absolute atomic E-state index is 0.216. The highest BCUT2D eigenvalue weighted by Crippen LogP contribution is 2.27. The number of carbonyl (C=O) groups is 3. The summed E-state index contributed by atoms with van der Waals surface area (Å²) >= 11 is 1.50. The normalized spacial score (nSPS) is 17.0. The molecule has 2 heterocycles. The van der Waals surface area contributed by atoms with E-state index in [4.69, 9.17) is 5.11 Å². The van der Waals surface area contributed by atoms with Crippen molar-refractivity contribution in [1.29, 1.82) is 0 Å². The van der Waals surface area contributed by atoms with Gasteiger partial charge in [0.05, 0.1) is 11.4 Å². The van der Waals surface area contributed by atoms with Crippen LogP contribution in [-0.4, -0.2) is 68.4 Å². The van der Waals surface area contributed by atoms with Gasteiger partial charge >= 0.3 is 5.97 Å². The fourth-order valence-corrected chi connectivity index (χ4v) is 4.12. The lowest BCUT2D eigenvalue weighted by Crippen LogP contribution is -2.50. The molecule has 2 amide bonds. The third-order valence-corrected chi connectivity index (χ3v) is 5.28. The maximum absolute atomic E-state index is 13.0. The molecule has 25 heavy (non-hydrogen) atoms. The first-order valence-corrected chi connectivity index (χ1v) is 9.13. The number of likely N-dealkylation sites (N-methyl/N-ethyl adjacent to an activating group) is 1. The number of H-pyrrole nitrogens is 1. The Balaban J connectivity index is 1.84. The van der Waals surface area contributed by atoms with Crippen LogP contribution >= 0.6 is 11.8 Å². The van der Waals surface area contributed by atoms with E-state index in [1.807, 2.05) is 24.3 Å². The van der Waals surface area contributed by atoms with E-state index in [0.29, 0.717) is 23.7 Å². The fraction of sp³-hybridized carbons (Fsp3) is 0.353. The van der Waals surface area contributed by atoms with E-state index in [2.05, 4.69) is 4.98 Å². The van der Waals surface area contributed by atoms with Gasteiger partial charge in [-0.05, 0) is 13.0 Å². The number of aliphatic carboxylic acids is 1. The number of carbonyl (C=O) groups excluding carboxylic acids is 2. The molecule has 1 aromatic carbocycles. The smallest absolute Gasteiger partial charge is 0.323 e. The van der Waals surface area contributed by atoms with Gasteiger partial charge in [-0.15, -0.1) is 11.8 Å². The van der Waals surface area contributed by atoms with Crippen LogP contribution in [-0.2, 0) is 9.59 Å². The Morgan fingerprint density at radius 3 is 2.84 bits per heavy atom. The third-order valence-electron chi connectivity index (χ3n) is 4.27. The van der Waals surface area contributed by atoms with Gasteiger partial charge in [-0.1, -0.05) is 18.2 Å². The zero-order chi connectivity index (χ0) is 18.0. The third kappa shape index (κ3) is 3.34. The van der Waals surface area contributed by atoms with E-state index in [0.717, 1.165) is 10.9 Å². The Labute approximate surface area is 149 Å². The lowest BCUT2D eigenvalue weighted by molar-refractivity contribution is -0.145. The Morgan fingerprint density at radius 1 is 1.36 bits per heavy atom. The largest absolute Gasteiger partial charge is 0.480 e. The number of para-hydroxylation sites is 1. The predicted octanol–water partition coefficient (Wildman–Crippen LogP) is 1.62. The Hall–Kier alpha value is -2.48. The predicted molar refractivity (Wildman–Crippen MR) is 95.5 cm³/mol. The van der Waals surface area contributed by atoms with E-state index in [1.54, 1.807) is 13.1 Å². The standard InChI is InChI=1S/C17H19N3O4S/c1-2-19(8-15(21)22)17(24)14-9-25-10-20(14)16(23)12-7-18-13-6-4-3-5-11(12)13/h3-7,14,18H,2,8-10H2,1H3,(H,21,22). The van der Waals surface area contributed by atoms with E-state index >= 15 is 0 Å². The van der Waals surface area contributed by atoms with Crippen LogP contribution in [0.3, 0.4) is 0 Å². The first-order chi connectivity index (χ1) is 12.0.